The molecule has 2 heterocycles. The van der Waals surface area contributed by atoms with E-state index < -0.39 is 0 Å². The smallest absolute Gasteiger partial charge is 0.317 e. The Balaban J connectivity index is 1.77. The van der Waals surface area contributed by atoms with Crippen LogP contribution < -0.4 is 10.9 Å². The minimum atomic E-state index is -0.123. The molecule has 1 N–H and O–H groups in total. The second-order valence-electron chi connectivity index (χ2n) is 6.61. The number of urea groups is 1. The highest BCUT2D eigenvalue weighted by atomic mass is 16.2. The Morgan fingerprint density at radius 1 is 1.27 bits per heavy atom. The average molecular weight is 362 g/mol. The predicted molar refractivity (Wildman–Crippen MR) is 101 cm³/mol. The van der Waals surface area contributed by atoms with Gasteiger partial charge in [0.1, 0.15) is 0 Å². The number of piperidine rings is 1. The second-order valence-corrected chi connectivity index (χ2v) is 6.61. The van der Waals surface area contributed by atoms with Gasteiger partial charge in [0.2, 0.25) is 11.5 Å². The molecule has 0 radical (unpaired) electrons. The van der Waals surface area contributed by atoms with Crippen molar-refractivity contribution in [2.45, 2.75) is 39.7 Å². The van der Waals surface area contributed by atoms with E-state index >= 15 is 0 Å². The highest BCUT2D eigenvalue weighted by Gasteiger charge is 2.30. The summed E-state index contributed by atoms with van der Waals surface area (Å²) in [6.07, 6.45) is 4.13. The summed E-state index contributed by atoms with van der Waals surface area (Å²) in [4.78, 5) is 40.1. The molecule has 3 amide bonds. The normalized spacial score (nSPS) is 17.0. The molecule has 0 aliphatic carbocycles. The maximum Gasteiger partial charge on any atom is 0.317 e. The monoisotopic (exact) mass is 362 g/mol. The fourth-order valence-corrected chi connectivity index (χ4v) is 3.36. The van der Waals surface area contributed by atoms with E-state index in [1.807, 2.05) is 24.8 Å². The number of likely N-dealkylation sites (tertiary alicyclic amines) is 1. The number of aromatic nitrogens is 1. The molecule has 1 aliphatic heterocycles. The van der Waals surface area contributed by atoms with E-state index in [4.69, 9.17) is 0 Å². The minimum absolute atomic E-state index is 0.0346. The highest BCUT2D eigenvalue weighted by molar-refractivity contribution is 5.81. The van der Waals surface area contributed by atoms with Crippen molar-refractivity contribution in [2.24, 2.45) is 5.92 Å². The predicted octanol–water partition coefficient (Wildman–Crippen LogP) is 1.53. The van der Waals surface area contributed by atoms with Crippen LogP contribution in [-0.2, 0) is 11.3 Å². The van der Waals surface area contributed by atoms with Gasteiger partial charge in [-0.25, -0.2) is 4.79 Å². The number of carbonyl (C=O) groups excluding carboxylic acids is 2. The molecule has 1 unspecified atom stereocenters. The molecular formula is C19H30N4O3. The molecular weight excluding hydrogens is 332 g/mol. The first kappa shape index (κ1) is 20.0. The van der Waals surface area contributed by atoms with Gasteiger partial charge in [0, 0.05) is 51.5 Å². The van der Waals surface area contributed by atoms with E-state index in [1.54, 1.807) is 21.7 Å². The van der Waals surface area contributed by atoms with E-state index in [1.165, 1.54) is 6.07 Å². The number of hydrogen-bond donors (Lipinski definition) is 1. The van der Waals surface area contributed by atoms with Crippen molar-refractivity contribution >= 4 is 11.9 Å². The number of rotatable bonds is 7. The lowest BCUT2D eigenvalue weighted by Crippen LogP contribution is -2.49. The van der Waals surface area contributed by atoms with Gasteiger partial charge < -0.3 is 19.7 Å². The fraction of sp³-hybridized carbons (Fsp3) is 0.632. The number of amides is 3. The van der Waals surface area contributed by atoms with E-state index in [0.29, 0.717) is 45.7 Å². The number of hydrogen-bond acceptors (Lipinski definition) is 3. The van der Waals surface area contributed by atoms with Crippen molar-refractivity contribution in [3.8, 4) is 0 Å². The summed E-state index contributed by atoms with van der Waals surface area (Å²) < 4.78 is 1.63. The summed E-state index contributed by atoms with van der Waals surface area (Å²) in [6, 6.07) is 4.94. The topological polar surface area (TPSA) is 74.7 Å². The van der Waals surface area contributed by atoms with E-state index in [-0.39, 0.29) is 23.4 Å². The Hall–Kier alpha value is -2.31. The van der Waals surface area contributed by atoms with Crippen LogP contribution in [0, 0.1) is 5.92 Å². The van der Waals surface area contributed by atoms with Crippen molar-refractivity contribution in [2.75, 3.05) is 32.7 Å². The first-order chi connectivity index (χ1) is 12.6. The van der Waals surface area contributed by atoms with Gasteiger partial charge in [-0.3, -0.25) is 9.59 Å². The van der Waals surface area contributed by atoms with Crippen LogP contribution in [0.4, 0.5) is 4.79 Å². The van der Waals surface area contributed by atoms with Gasteiger partial charge >= 0.3 is 6.03 Å². The first-order valence-corrected chi connectivity index (χ1v) is 9.53. The zero-order valence-corrected chi connectivity index (χ0v) is 15.8. The fourth-order valence-electron chi connectivity index (χ4n) is 3.36. The van der Waals surface area contributed by atoms with Crippen LogP contribution in [0.15, 0.2) is 29.2 Å². The second kappa shape index (κ2) is 9.99. The van der Waals surface area contributed by atoms with Gasteiger partial charge in [-0.2, -0.15) is 0 Å². The average Bonchev–Trinajstić information content (AvgIpc) is 2.67. The third-order valence-electron chi connectivity index (χ3n) is 4.88. The summed E-state index contributed by atoms with van der Waals surface area (Å²) in [5, 5.41) is 2.91. The minimum Gasteiger partial charge on any atom is -0.343 e. The van der Waals surface area contributed by atoms with Gasteiger partial charge in [0.15, 0.2) is 0 Å². The quantitative estimate of drug-likeness (QED) is 0.748. The lowest BCUT2D eigenvalue weighted by Gasteiger charge is -2.34. The molecule has 0 aromatic carbocycles. The number of carbonyl (C=O) groups is 2. The van der Waals surface area contributed by atoms with Crippen molar-refractivity contribution in [3.05, 3.63) is 34.7 Å². The summed E-state index contributed by atoms with van der Waals surface area (Å²) in [6.45, 7) is 7.62. The maximum absolute atomic E-state index is 12.5. The summed E-state index contributed by atoms with van der Waals surface area (Å²) in [5.41, 5.74) is -0.0346. The summed E-state index contributed by atoms with van der Waals surface area (Å²) in [7, 11) is 0. The van der Waals surface area contributed by atoms with Crippen molar-refractivity contribution < 1.29 is 9.59 Å². The SMILES string of the molecule is CCN(CC)C(=O)C1CCCN(C(=O)NCCCn2ccccc2=O)C1. The number of pyridine rings is 1. The third-order valence-corrected chi connectivity index (χ3v) is 4.88. The molecule has 0 spiro atoms. The molecule has 144 valence electrons. The first-order valence-electron chi connectivity index (χ1n) is 9.53. The Morgan fingerprint density at radius 3 is 2.73 bits per heavy atom. The van der Waals surface area contributed by atoms with Gasteiger partial charge in [-0.1, -0.05) is 6.07 Å². The number of aryl methyl sites for hydroxylation is 1. The molecule has 1 aromatic rings. The Morgan fingerprint density at radius 2 is 2.04 bits per heavy atom. The molecule has 1 aliphatic rings. The van der Waals surface area contributed by atoms with Gasteiger partial charge in [0.05, 0.1) is 5.92 Å². The molecule has 1 saturated heterocycles. The van der Waals surface area contributed by atoms with E-state index in [0.717, 1.165) is 12.8 Å². The van der Waals surface area contributed by atoms with Crippen LogP contribution in [0.2, 0.25) is 0 Å². The maximum atomic E-state index is 12.5. The van der Waals surface area contributed by atoms with E-state index in [2.05, 4.69) is 5.32 Å². The molecule has 0 bridgehead atoms. The van der Waals surface area contributed by atoms with Gasteiger partial charge in [-0.05, 0) is 39.2 Å². The number of nitrogens with one attached hydrogen (secondary N) is 1. The lowest BCUT2D eigenvalue weighted by atomic mass is 9.96. The third kappa shape index (κ3) is 5.34. The Kier molecular flexibility index (Phi) is 7.69. The van der Waals surface area contributed by atoms with Crippen LogP contribution in [-0.4, -0.2) is 59.0 Å². The van der Waals surface area contributed by atoms with Crippen LogP contribution >= 0.6 is 0 Å². The molecule has 26 heavy (non-hydrogen) atoms. The van der Waals surface area contributed by atoms with Crippen molar-refractivity contribution in [1.29, 1.82) is 0 Å². The molecule has 2 rings (SSSR count). The summed E-state index contributed by atoms with van der Waals surface area (Å²) in [5.74, 6) is 0.0493. The molecule has 1 fully saturated rings. The van der Waals surface area contributed by atoms with Gasteiger partial charge in [-0.15, -0.1) is 0 Å². The molecule has 1 atom stereocenters. The standard InChI is InChI=1S/C19H30N4O3/c1-3-21(4-2)18(25)16-9-7-13-23(15-16)19(26)20-11-8-14-22-12-6-5-10-17(22)24/h5-6,10,12,16H,3-4,7-9,11,13-15H2,1-2H3,(H,20,26). The zero-order valence-electron chi connectivity index (χ0n) is 15.8. The summed E-state index contributed by atoms with van der Waals surface area (Å²) >= 11 is 0. The molecule has 1 aromatic heterocycles. The number of nitrogens with zero attached hydrogens (tertiary/aromatic N) is 3. The van der Waals surface area contributed by atoms with Crippen LogP contribution in [0.5, 0.6) is 0 Å². The Labute approximate surface area is 155 Å². The molecule has 0 saturated carbocycles. The van der Waals surface area contributed by atoms with Crippen LogP contribution in [0.1, 0.15) is 33.1 Å². The Bertz CT molecular complexity index is 654. The van der Waals surface area contributed by atoms with Gasteiger partial charge in [0.25, 0.3) is 0 Å². The lowest BCUT2D eigenvalue weighted by molar-refractivity contribution is -0.136. The van der Waals surface area contributed by atoms with Crippen LogP contribution in [0.25, 0.3) is 0 Å². The van der Waals surface area contributed by atoms with Crippen molar-refractivity contribution in [1.82, 2.24) is 19.7 Å². The largest absolute Gasteiger partial charge is 0.343 e. The van der Waals surface area contributed by atoms with Crippen molar-refractivity contribution in [3.63, 3.8) is 0 Å². The molecule has 7 nitrogen and oxygen atoms in total. The molecule has 7 heteroatoms. The zero-order chi connectivity index (χ0) is 18.9. The highest BCUT2D eigenvalue weighted by Crippen LogP contribution is 2.19. The van der Waals surface area contributed by atoms with Crippen LogP contribution in [0.3, 0.4) is 0 Å². The van der Waals surface area contributed by atoms with E-state index in [9.17, 15) is 14.4 Å².